The van der Waals surface area contributed by atoms with Gasteiger partial charge in [0, 0.05) is 24.2 Å². The summed E-state index contributed by atoms with van der Waals surface area (Å²) in [7, 11) is 0. The Morgan fingerprint density at radius 2 is 1.65 bits per heavy atom. The second-order valence-corrected chi connectivity index (χ2v) is 10.7. The molecule has 4 heteroatoms. The van der Waals surface area contributed by atoms with Crippen LogP contribution in [0.2, 0.25) is 0 Å². The second-order valence-electron chi connectivity index (χ2n) is 10.7. The van der Waals surface area contributed by atoms with Gasteiger partial charge in [-0.15, -0.1) is 0 Å². The largest absolute Gasteiger partial charge is 0.462 e. The van der Waals surface area contributed by atoms with Gasteiger partial charge in [-0.1, -0.05) is 13.8 Å². The zero-order valence-electron chi connectivity index (χ0n) is 16.3. The number of carbonyl (C=O) groups excluding carboxylic acids is 1. The highest BCUT2D eigenvalue weighted by molar-refractivity contribution is 5.66. The van der Waals surface area contributed by atoms with Crippen LogP contribution in [0.3, 0.4) is 0 Å². The highest BCUT2D eigenvalue weighted by Gasteiger charge is 2.74. The predicted molar refractivity (Wildman–Crippen MR) is 94.6 cm³/mol. The third kappa shape index (κ3) is 2.11. The standard InChI is InChI=1S/C22H32F2O2/c1-12(25)26-19-7-6-15-14-5-4-13-10-17-18(22(17,23)24)11-21(13,3)16(14)8-9-20(15,19)2/h13-19H,4-11H2,1-3H3/t13-,14-,15-,16-,17+,18+,19+,20-,21-/m0/s1. The van der Waals surface area contributed by atoms with Crippen molar-refractivity contribution in [2.75, 3.05) is 0 Å². The maximum atomic E-state index is 14.1. The lowest BCUT2D eigenvalue weighted by atomic mass is 9.45. The summed E-state index contributed by atoms with van der Waals surface area (Å²) >= 11 is 0. The molecule has 0 amide bonds. The fourth-order valence-corrected chi connectivity index (χ4v) is 8.43. The number of halogens is 2. The first-order valence-electron chi connectivity index (χ1n) is 10.7. The zero-order valence-corrected chi connectivity index (χ0v) is 16.3. The van der Waals surface area contributed by atoms with Crippen LogP contribution in [0.1, 0.15) is 72.1 Å². The van der Waals surface area contributed by atoms with Gasteiger partial charge < -0.3 is 4.74 Å². The molecular formula is C22H32F2O2. The van der Waals surface area contributed by atoms with Gasteiger partial charge in [0.05, 0.1) is 0 Å². The summed E-state index contributed by atoms with van der Waals surface area (Å²) in [5.41, 5.74) is 0.196. The number of carbonyl (C=O) groups is 1. The first kappa shape index (κ1) is 17.4. The van der Waals surface area contributed by atoms with Crippen LogP contribution in [-0.2, 0) is 9.53 Å². The Bertz CT molecular complexity index is 634. The van der Waals surface area contributed by atoms with Crippen LogP contribution in [0.5, 0.6) is 0 Å². The van der Waals surface area contributed by atoms with E-state index >= 15 is 0 Å². The van der Waals surface area contributed by atoms with Gasteiger partial charge in [0.1, 0.15) is 6.10 Å². The normalized spacial score (nSPS) is 56.6. The number of alkyl halides is 2. The number of hydrogen-bond acceptors (Lipinski definition) is 2. The van der Waals surface area contributed by atoms with Gasteiger partial charge >= 0.3 is 5.97 Å². The fourth-order valence-electron chi connectivity index (χ4n) is 8.43. The smallest absolute Gasteiger partial charge is 0.302 e. The van der Waals surface area contributed by atoms with E-state index in [0.717, 1.165) is 44.9 Å². The Morgan fingerprint density at radius 1 is 0.923 bits per heavy atom. The van der Waals surface area contributed by atoms with Crippen molar-refractivity contribution >= 4 is 5.97 Å². The maximum absolute atomic E-state index is 14.1. The van der Waals surface area contributed by atoms with E-state index in [2.05, 4.69) is 13.8 Å². The molecule has 5 aliphatic carbocycles. The number of rotatable bonds is 1. The molecular weight excluding hydrogens is 334 g/mol. The van der Waals surface area contributed by atoms with Crippen LogP contribution in [-0.4, -0.2) is 18.0 Å². The van der Waals surface area contributed by atoms with Crippen LogP contribution < -0.4 is 0 Å². The molecule has 0 radical (unpaired) electrons. The SMILES string of the molecule is CC(=O)O[C@@H]1CC[C@H]2[C@@H]3CC[C@H]4C[C@@H]5[C@@H](C[C@]4(C)[C@H]3CC[C@]12C)C5(F)F. The molecule has 0 unspecified atom stereocenters. The van der Waals surface area contributed by atoms with E-state index in [1.807, 2.05) is 0 Å². The third-order valence-electron chi connectivity index (χ3n) is 9.85. The van der Waals surface area contributed by atoms with Crippen molar-refractivity contribution in [2.24, 2.45) is 46.3 Å². The monoisotopic (exact) mass is 366 g/mol. The fraction of sp³-hybridized carbons (Fsp3) is 0.955. The van der Waals surface area contributed by atoms with Crippen molar-refractivity contribution in [3.05, 3.63) is 0 Å². The average molecular weight is 366 g/mol. The Morgan fingerprint density at radius 3 is 2.38 bits per heavy atom. The lowest BCUT2D eigenvalue weighted by Crippen LogP contribution is -2.53. The molecule has 0 aromatic rings. The van der Waals surface area contributed by atoms with E-state index in [-0.39, 0.29) is 34.7 Å². The molecule has 0 spiro atoms. The second kappa shape index (κ2) is 5.23. The maximum Gasteiger partial charge on any atom is 0.302 e. The molecule has 26 heavy (non-hydrogen) atoms. The molecule has 0 saturated heterocycles. The summed E-state index contributed by atoms with van der Waals surface area (Å²) in [6.07, 6.45) is 8.21. The summed E-state index contributed by atoms with van der Waals surface area (Å²) in [4.78, 5) is 11.5. The summed E-state index contributed by atoms with van der Waals surface area (Å²) in [6.45, 7) is 6.19. The molecule has 5 rings (SSSR count). The zero-order chi connectivity index (χ0) is 18.5. The van der Waals surface area contributed by atoms with E-state index in [1.54, 1.807) is 0 Å². The van der Waals surface area contributed by atoms with Crippen LogP contribution in [0.4, 0.5) is 8.78 Å². The topological polar surface area (TPSA) is 26.3 Å². The number of esters is 1. The molecule has 5 fully saturated rings. The Hall–Kier alpha value is -0.670. The summed E-state index contributed by atoms with van der Waals surface area (Å²) in [6, 6.07) is 0. The van der Waals surface area contributed by atoms with Crippen molar-refractivity contribution in [1.29, 1.82) is 0 Å². The van der Waals surface area contributed by atoms with Crippen molar-refractivity contribution in [3.8, 4) is 0 Å². The molecule has 2 nitrogen and oxygen atoms in total. The molecule has 0 aliphatic heterocycles. The van der Waals surface area contributed by atoms with Crippen molar-refractivity contribution < 1.29 is 18.3 Å². The van der Waals surface area contributed by atoms with Gasteiger partial charge in [-0.2, -0.15) is 0 Å². The van der Waals surface area contributed by atoms with Crippen LogP contribution in [0, 0.1) is 46.3 Å². The van der Waals surface area contributed by atoms with Crippen molar-refractivity contribution in [2.45, 2.75) is 84.2 Å². The molecule has 0 bridgehead atoms. The molecule has 9 atom stereocenters. The minimum absolute atomic E-state index is 0.0555. The summed E-state index contributed by atoms with van der Waals surface area (Å²) in [5, 5.41) is 0. The highest BCUT2D eigenvalue weighted by Crippen LogP contribution is 2.73. The first-order valence-corrected chi connectivity index (χ1v) is 10.7. The lowest BCUT2D eigenvalue weighted by molar-refractivity contribution is -0.161. The lowest BCUT2D eigenvalue weighted by Gasteiger charge is -2.60. The number of fused-ring (bicyclic) bond motifs is 6. The average Bonchev–Trinajstić information content (AvgIpc) is 2.91. The Kier molecular flexibility index (Phi) is 3.50. The van der Waals surface area contributed by atoms with Gasteiger partial charge in [-0.25, -0.2) is 8.78 Å². The molecule has 0 N–H and O–H groups in total. The molecule has 0 aromatic heterocycles. The van der Waals surface area contributed by atoms with Crippen LogP contribution in [0.15, 0.2) is 0 Å². The van der Waals surface area contributed by atoms with Gasteiger partial charge in [-0.05, 0) is 80.5 Å². The van der Waals surface area contributed by atoms with Gasteiger partial charge in [0.2, 0.25) is 0 Å². The van der Waals surface area contributed by atoms with Crippen LogP contribution in [0.25, 0.3) is 0 Å². The molecule has 5 aliphatic rings. The van der Waals surface area contributed by atoms with E-state index in [9.17, 15) is 13.6 Å². The van der Waals surface area contributed by atoms with Gasteiger partial charge in [0.15, 0.2) is 0 Å². The van der Waals surface area contributed by atoms with Gasteiger partial charge in [0.25, 0.3) is 5.92 Å². The molecule has 5 saturated carbocycles. The predicted octanol–water partition coefficient (Wildman–Crippen LogP) is 5.45. The summed E-state index contributed by atoms with van der Waals surface area (Å²) < 4.78 is 34.0. The van der Waals surface area contributed by atoms with E-state index < -0.39 is 5.92 Å². The summed E-state index contributed by atoms with van der Waals surface area (Å²) in [5.74, 6) is -0.878. The van der Waals surface area contributed by atoms with Crippen molar-refractivity contribution in [1.82, 2.24) is 0 Å². The molecule has 0 aromatic carbocycles. The van der Waals surface area contributed by atoms with Gasteiger partial charge in [-0.3, -0.25) is 4.79 Å². The number of hydrogen-bond donors (Lipinski definition) is 0. The highest BCUT2D eigenvalue weighted by atomic mass is 19.3. The Balaban J connectivity index is 1.41. The number of ether oxygens (including phenoxy) is 1. The molecule has 0 heterocycles. The quantitative estimate of drug-likeness (QED) is 0.577. The Labute approximate surface area is 155 Å². The van der Waals surface area contributed by atoms with E-state index in [1.165, 1.54) is 13.3 Å². The first-order chi connectivity index (χ1) is 12.2. The minimum Gasteiger partial charge on any atom is -0.462 e. The van der Waals surface area contributed by atoms with Crippen molar-refractivity contribution in [3.63, 3.8) is 0 Å². The third-order valence-corrected chi connectivity index (χ3v) is 9.85. The van der Waals surface area contributed by atoms with E-state index in [4.69, 9.17) is 4.74 Å². The minimum atomic E-state index is -2.38. The molecule has 146 valence electrons. The van der Waals surface area contributed by atoms with E-state index in [0.29, 0.717) is 23.7 Å². The van der Waals surface area contributed by atoms with Crippen LogP contribution >= 0.6 is 0 Å².